The van der Waals surface area contributed by atoms with Gasteiger partial charge in [0.25, 0.3) is 5.91 Å². The molecule has 1 fully saturated rings. The number of hydrogen-bond donors (Lipinski definition) is 3. The van der Waals surface area contributed by atoms with Gasteiger partial charge in [0.2, 0.25) is 11.7 Å². The van der Waals surface area contributed by atoms with Gasteiger partial charge in [0.05, 0.1) is 6.04 Å². The second-order valence-corrected chi connectivity index (χ2v) is 8.42. The van der Waals surface area contributed by atoms with Crippen LogP contribution in [0.3, 0.4) is 0 Å². The fourth-order valence-corrected chi connectivity index (χ4v) is 3.93. The lowest BCUT2D eigenvalue weighted by molar-refractivity contribution is -0.159. The number of hydrogen-bond acceptors (Lipinski definition) is 6. The lowest BCUT2D eigenvalue weighted by Crippen LogP contribution is -2.50. The molecule has 0 radical (unpaired) electrons. The summed E-state index contributed by atoms with van der Waals surface area (Å²) >= 11 is 0. The van der Waals surface area contributed by atoms with Crippen molar-refractivity contribution in [3.63, 3.8) is 0 Å². The van der Waals surface area contributed by atoms with Crippen LogP contribution in [0.4, 0.5) is 23.7 Å². The number of benzene rings is 2. The number of carbonyl (C=O) groups excluding carboxylic acids is 3. The van der Waals surface area contributed by atoms with E-state index < -0.39 is 18.0 Å². The van der Waals surface area contributed by atoms with Gasteiger partial charge in [0, 0.05) is 35.5 Å². The number of rotatable bonds is 6. The molecule has 3 aromatic rings. The van der Waals surface area contributed by atoms with Gasteiger partial charge in [0.15, 0.2) is 0 Å². The lowest BCUT2D eigenvalue weighted by atomic mass is 10.0. The van der Waals surface area contributed by atoms with Gasteiger partial charge in [-0.15, -0.1) is 0 Å². The highest BCUT2D eigenvalue weighted by molar-refractivity contribution is 5.97. The van der Waals surface area contributed by atoms with Crippen molar-refractivity contribution in [1.82, 2.24) is 20.4 Å². The van der Waals surface area contributed by atoms with Gasteiger partial charge < -0.3 is 25.8 Å². The average molecular weight is 516 g/mol. The summed E-state index contributed by atoms with van der Waals surface area (Å²) in [6.45, 7) is 0.739. The average Bonchev–Trinajstić information content (AvgIpc) is 3.39. The number of nitrogens with two attached hydrogens (primary N) is 1. The van der Waals surface area contributed by atoms with E-state index in [0.29, 0.717) is 35.3 Å². The molecular formula is C24H23F3N6O4. The molecule has 1 aliphatic rings. The summed E-state index contributed by atoms with van der Waals surface area (Å²) in [6.07, 6.45) is -2.33. The van der Waals surface area contributed by atoms with Gasteiger partial charge in [-0.25, -0.2) is 4.79 Å². The van der Waals surface area contributed by atoms with Crippen molar-refractivity contribution in [3.8, 4) is 11.4 Å². The number of anilines is 1. The Balaban J connectivity index is 1.35. The fourth-order valence-electron chi connectivity index (χ4n) is 3.93. The molecule has 0 saturated carbocycles. The molecule has 13 heteroatoms. The van der Waals surface area contributed by atoms with Gasteiger partial charge in [-0.3, -0.25) is 9.59 Å². The zero-order valence-corrected chi connectivity index (χ0v) is 19.4. The first kappa shape index (κ1) is 25.7. The standard InChI is InChI=1S/C24H23F3N6O4/c25-24(26,27)22-31-20(32-37-22)15-8-10-17(11-9-15)30-23(36)33-12-2-1-3-18(33)13-29-21(35)16-6-4-14(5-7-16)19(28)34/h4-11,18H,1-3,12-13H2,(H2,28,34)(H,29,35)(H,30,36). The van der Waals surface area contributed by atoms with E-state index in [1.54, 1.807) is 4.90 Å². The number of nitrogens with zero attached hydrogens (tertiary/aromatic N) is 3. The van der Waals surface area contributed by atoms with E-state index in [0.717, 1.165) is 12.8 Å². The van der Waals surface area contributed by atoms with Crippen molar-refractivity contribution in [2.75, 3.05) is 18.4 Å². The molecule has 1 unspecified atom stereocenters. The van der Waals surface area contributed by atoms with Crippen LogP contribution in [0.5, 0.6) is 0 Å². The zero-order chi connectivity index (χ0) is 26.6. The van der Waals surface area contributed by atoms with Crippen molar-refractivity contribution in [2.45, 2.75) is 31.5 Å². The third-order valence-corrected chi connectivity index (χ3v) is 5.88. The SMILES string of the molecule is NC(=O)c1ccc(C(=O)NCC2CCCCN2C(=O)Nc2ccc(-c3noc(C(F)(F)F)n3)cc2)cc1. The molecule has 4 amide bonds. The number of alkyl halides is 3. The summed E-state index contributed by atoms with van der Waals surface area (Å²) in [5.41, 5.74) is 6.59. The first-order valence-corrected chi connectivity index (χ1v) is 11.4. The normalized spacial score (nSPS) is 15.8. The van der Waals surface area contributed by atoms with Gasteiger partial charge in [0.1, 0.15) is 0 Å². The summed E-state index contributed by atoms with van der Waals surface area (Å²) in [5.74, 6) is -2.59. The minimum atomic E-state index is -4.74. The van der Waals surface area contributed by atoms with Crippen molar-refractivity contribution in [3.05, 3.63) is 65.5 Å². The second kappa shape index (κ2) is 10.7. The molecule has 10 nitrogen and oxygen atoms in total. The van der Waals surface area contributed by atoms with Gasteiger partial charge in [-0.2, -0.15) is 18.2 Å². The van der Waals surface area contributed by atoms with Crippen LogP contribution in [0.1, 0.15) is 45.9 Å². The molecule has 1 saturated heterocycles. The van der Waals surface area contributed by atoms with Gasteiger partial charge in [-0.05, 0) is 67.8 Å². The predicted molar refractivity (Wildman–Crippen MR) is 125 cm³/mol. The van der Waals surface area contributed by atoms with Crippen LogP contribution < -0.4 is 16.4 Å². The molecule has 2 heterocycles. The molecule has 1 aromatic heterocycles. The van der Waals surface area contributed by atoms with E-state index in [9.17, 15) is 27.6 Å². The molecule has 0 bridgehead atoms. The molecule has 4 rings (SSSR count). The first-order chi connectivity index (χ1) is 17.6. The maximum Gasteiger partial charge on any atom is 0.471 e. The Morgan fingerprint density at radius 3 is 2.32 bits per heavy atom. The van der Waals surface area contributed by atoms with Crippen molar-refractivity contribution < 1.29 is 32.1 Å². The van der Waals surface area contributed by atoms with Crippen LogP contribution in [0.15, 0.2) is 53.1 Å². The largest absolute Gasteiger partial charge is 0.471 e. The first-order valence-electron chi connectivity index (χ1n) is 11.4. The summed E-state index contributed by atoms with van der Waals surface area (Å²) < 4.78 is 42.3. The van der Waals surface area contributed by atoms with Crippen LogP contribution in [-0.4, -0.2) is 52.0 Å². The highest BCUT2D eigenvalue weighted by Gasteiger charge is 2.38. The number of piperidine rings is 1. The van der Waals surface area contributed by atoms with E-state index in [1.165, 1.54) is 48.5 Å². The number of carbonyl (C=O) groups is 3. The van der Waals surface area contributed by atoms with Crippen LogP contribution in [0.25, 0.3) is 11.4 Å². The number of aromatic nitrogens is 2. The number of urea groups is 1. The Kier molecular flexibility index (Phi) is 7.41. The molecule has 0 aliphatic carbocycles. The van der Waals surface area contributed by atoms with Crippen molar-refractivity contribution in [1.29, 1.82) is 0 Å². The van der Waals surface area contributed by atoms with Crippen molar-refractivity contribution in [2.24, 2.45) is 5.73 Å². The molecular weight excluding hydrogens is 493 g/mol. The molecule has 4 N–H and O–H groups in total. The summed E-state index contributed by atoms with van der Waals surface area (Å²) in [5, 5.41) is 8.94. The van der Waals surface area contributed by atoms with E-state index >= 15 is 0 Å². The highest BCUT2D eigenvalue weighted by Crippen LogP contribution is 2.29. The minimum Gasteiger partial charge on any atom is -0.366 e. The monoisotopic (exact) mass is 516 g/mol. The summed E-state index contributed by atoms with van der Waals surface area (Å²) in [7, 11) is 0. The van der Waals surface area contributed by atoms with Gasteiger partial charge in [-0.1, -0.05) is 5.16 Å². The predicted octanol–water partition coefficient (Wildman–Crippen LogP) is 3.67. The minimum absolute atomic E-state index is 0.221. The van der Waals surface area contributed by atoms with Crippen LogP contribution in [-0.2, 0) is 6.18 Å². The van der Waals surface area contributed by atoms with E-state index in [1.807, 2.05) is 0 Å². The third kappa shape index (κ3) is 6.23. The van der Waals surface area contributed by atoms with E-state index in [4.69, 9.17) is 5.73 Å². The molecule has 1 atom stereocenters. The second-order valence-electron chi connectivity index (χ2n) is 8.42. The Hall–Kier alpha value is -4.42. The molecule has 0 spiro atoms. The Morgan fingerprint density at radius 2 is 1.70 bits per heavy atom. The zero-order valence-electron chi connectivity index (χ0n) is 19.4. The third-order valence-electron chi connectivity index (χ3n) is 5.88. The Labute approximate surface area is 209 Å². The number of nitrogens with one attached hydrogen (secondary N) is 2. The molecule has 37 heavy (non-hydrogen) atoms. The number of likely N-dealkylation sites (tertiary alicyclic amines) is 1. The van der Waals surface area contributed by atoms with E-state index in [-0.39, 0.29) is 30.3 Å². The highest BCUT2D eigenvalue weighted by atomic mass is 19.4. The summed E-state index contributed by atoms with van der Waals surface area (Å²) in [6, 6.07) is 11.3. The number of primary amides is 1. The lowest BCUT2D eigenvalue weighted by Gasteiger charge is -2.35. The Morgan fingerprint density at radius 1 is 1.03 bits per heavy atom. The Bertz CT molecular complexity index is 1270. The van der Waals surface area contributed by atoms with Crippen LogP contribution in [0.2, 0.25) is 0 Å². The summed E-state index contributed by atoms with van der Waals surface area (Å²) in [4.78, 5) is 41.6. The molecule has 194 valence electrons. The fraction of sp³-hybridized carbons (Fsp3) is 0.292. The quantitative estimate of drug-likeness (QED) is 0.456. The van der Waals surface area contributed by atoms with E-state index in [2.05, 4.69) is 25.3 Å². The van der Waals surface area contributed by atoms with Crippen LogP contribution in [0, 0.1) is 0 Å². The maximum atomic E-state index is 13.0. The topological polar surface area (TPSA) is 143 Å². The van der Waals surface area contributed by atoms with Crippen LogP contribution >= 0.6 is 0 Å². The smallest absolute Gasteiger partial charge is 0.366 e. The van der Waals surface area contributed by atoms with Crippen molar-refractivity contribution >= 4 is 23.5 Å². The number of halogens is 3. The molecule has 1 aliphatic heterocycles. The molecule has 2 aromatic carbocycles. The maximum absolute atomic E-state index is 13.0. The van der Waals surface area contributed by atoms with Gasteiger partial charge >= 0.3 is 18.1 Å². The number of amides is 4.